The summed E-state index contributed by atoms with van der Waals surface area (Å²) in [7, 11) is 0. The van der Waals surface area contributed by atoms with Gasteiger partial charge in [-0.25, -0.2) is 4.79 Å². The molecule has 2 fully saturated rings. The molecular weight excluding hydrogens is 682 g/mol. The molecule has 3 aliphatic heterocycles. The van der Waals surface area contributed by atoms with Crippen LogP contribution >= 0.6 is 0 Å². The third kappa shape index (κ3) is 6.49. The molecule has 0 bridgehead atoms. The SMILES string of the molecule is CCOC(=O)C1=C(C=O)/C(=C2\C[C@H](CO)C(=O)[C@@H](c3ccc4c(c3)=CCN=4)C2)c2c(OCCCO)c3c(c(CO)c2O1)O[C@H]([C@@](C)(O)C1CCCC1)C3. The molecule has 4 N–H and O–H groups in total. The van der Waals surface area contributed by atoms with Gasteiger partial charge in [-0.05, 0) is 68.4 Å². The number of allylic oxidation sites excluding steroid dienone is 3. The summed E-state index contributed by atoms with van der Waals surface area (Å²) in [6.07, 6.45) is 6.25. The summed E-state index contributed by atoms with van der Waals surface area (Å²) in [6, 6.07) is 5.66. The molecule has 0 unspecified atom stereocenters. The van der Waals surface area contributed by atoms with E-state index in [1.54, 1.807) is 13.8 Å². The normalized spacial score (nSPS) is 24.6. The molecule has 3 heterocycles. The van der Waals surface area contributed by atoms with Crippen molar-refractivity contribution in [3.8, 4) is 17.2 Å². The lowest BCUT2D eigenvalue weighted by molar-refractivity contribution is -0.141. The molecule has 2 aromatic carbocycles. The maximum absolute atomic E-state index is 14.0. The van der Waals surface area contributed by atoms with Gasteiger partial charge in [-0.2, -0.15) is 0 Å². The molecule has 2 aromatic rings. The van der Waals surface area contributed by atoms with Gasteiger partial charge in [0.1, 0.15) is 34.7 Å². The summed E-state index contributed by atoms with van der Waals surface area (Å²) in [4.78, 5) is 45.2. The van der Waals surface area contributed by atoms with Gasteiger partial charge in [0.2, 0.25) is 5.76 Å². The standard InChI is InChI=1S/C41H47NO11/c1-3-50-40(48)39-29(20-45)33(24-16-25(19-44)35(47)27(17-24)22-9-10-31-23(15-22)11-12-42-31)34-37(51-14-6-13-43)28-18-32(41(2,49)26-7-4-5-8-26)52-36(28)30(21-46)38(34)53-39/h9-11,15,20,25-27,32,43-44,46,49H,3-8,12-14,16-19,21H2,1-2H3/b33-24-/t25-,27-,32+,41+/m1/s1. The number of carbonyl (C=O) groups is 3. The highest BCUT2D eigenvalue weighted by atomic mass is 16.6. The van der Waals surface area contributed by atoms with E-state index in [0.717, 1.165) is 41.8 Å². The molecule has 2 saturated carbocycles. The number of fused-ring (bicyclic) bond motifs is 3. The van der Waals surface area contributed by atoms with E-state index in [4.69, 9.17) is 18.9 Å². The van der Waals surface area contributed by atoms with Crippen LogP contribution in [-0.2, 0) is 32.1 Å². The number of benzene rings is 2. The van der Waals surface area contributed by atoms with Crippen LogP contribution in [-0.4, -0.2) is 83.1 Å². The Hall–Kier alpha value is -4.36. The highest BCUT2D eigenvalue weighted by molar-refractivity contribution is 6.11. The molecule has 0 aromatic heterocycles. The van der Waals surface area contributed by atoms with Gasteiger partial charge >= 0.3 is 5.97 Å². The number of aliphatic hydroxyl groups excluding tert-OH is 3. The minimum absolute atomic E-state index is 0.00179. The van der Waals surface area contributed by atoms with E-state index in [-0.39, 0.29) is 91.3 Å². The lowest BCUT2D eigenvalue weighted by atomic mass is 9.71. The van der Waals surface area contributed by atoms with E-state index in [9.17, 15) is 34.8 Å². The third-order valence-electron chi connectivity index (χ3n) is 11.6. The Morgan fingerprint density at radius 3 is 2.60 bits per heavy atom. The Bertz CT molecular complexity index is 2010. The number of Topliss-reactive ketones (excluding diaryl/α,β-unsaturated/α-hetero) is 1. The molecule has 12 nitrogen and oxygen atoms in total. The largest absolute Gasteiger partial charge is 0.492 e. The topological polar surface area (TPSA) is 181 Å². The van der Waals surface area contributed by atoms with Gasteiger partial charge in [-0.3, -0.25) is 14.6 Å². The predicted molar refractivity (Wildman–Crippen MR) is 192 cm³/mol. The Morgan fingerprint density at radius 2 is 1.91 bits per heavy atom. The van der Waals surface area contributed by atoms with E-state index in [1.807, 2.05) is 24.3 Å². The maximum Gasteiger partial charge on any atom is 0.375 e. The quantitative estimate of drug-likeness (QED) is 0.143. The molecule has 7 rings (SSSR count). The third-order valence-corrected chi connectivity index (χ3v) is 11.6. The number of carbonyl (C=O) groups excluding carboxylic acids is 3. The van der Waals surface area contributed by atoms with Crippen molar-refractivity contribution in [2.75, 3.05) is 33.0 Å². The molecular formula is C41H47NO11. The highest BCUT2D eigenvalue weighted by Crippen LogP contribution is 2.57. The second-order valence-electron chi connectivity index (χ2n) is 14.7. The first-order valence-corrected chi connectivity index (χ1v) is 18.7. The number of ether oxygens (including phenoxy) is 4. The minimum atomic E-state index is -1.22. The van der Waals surface area contributed by atoms with Gasteiger partial charge in [0.05, 0.1) is 55.0 Å². The smallest absolute Gasteiger partial charge is 0.375 e. The van der Waals surface area contributed by atoms with Crippen LogP contribution in [0.4, 0.5) is 0 Å². The fourth-order valence-corrected chi connectivity index (χ4v) is 8.80. The zero-order valence-corrected chi connectivity index (χ0v) is 30.2. The summed E-state index contributed by atoms with van der Waals surface area (Å²) >= 11 is 0. The van der Waals surface area contributed by atoms with Crippen LogP contribution < -0.4 is 24.8 Å². The molecule has 0 spiro atoms. The van der Waals surface area contributed by atoms with Gasteiger partial charge in [0.25, 0.3) is 0 Å². The molecule has 53 heavy (non-hydrogen) atoms. The van der Waals surface area contributed by atoms with E-state index >= 15 is 0 Å². The second-order valence-corrected chi connectivity index (χ2v) is 14.7. The average Bonchev–Trinajstić information content (AvgIpc) is 3.96. The molecule has 282 valence electrons. The van der Waals surface area contributed by atoms with Crippen LogP contribution in [0, 0.1) is 11.8 Å². The second kappa shape index (κ2) is 15.2. The summed E-state index contributed by atoms with van der Waals surface area (Å²) in [5.74, 6) is -2.36. The lowest BCUT2D eigenvalue weighted by Crippen LogP contribution is -2.47. The number of rotatable bonds is 12. The lowest BCUT2D eigenvalue weighted by Gasteiger charge is -2.35. The molecule has 2 aliphatic carbocycles. The number of hydrogen-bond acceptors (Lipinski definition) is 12. The zero-order valence-electron chi connectivity index (χ0n) is 30.2. The van der Waals surface area contributed by atoms with E-state index in [2.05, 4.69) is 4.99 Å². The monoisotopic (exact) mass is 729 g/mol. The molecule has 0 saturated heterocycles. The number of esters is 1. The summed E-state index contributed by atoms with van der Waals surface area (Å²) < 4.78 is 24.6. The first kappa shape index (κ1) is 37.0. The summed E-state index contributed by atoms with van der Waals surface area (Å²) in [6.45, 7) is 2.85. The van der Waals surface area contributed by atoms with Crippen molar-refractivity contribution in [3.63, 3.8) is 0 Å². The zero-order chi connectivity index (χ0) is 37.4. The van der Waals surface area contributed by atoms with Gasteiger partial charge in [0.15, 0.2) is 6.29 Å². The summed E-state index contributed by atoms with van der Waals surface area (Å²) in [5, 5.41) is 44.9. The minimum Gasteiger partial charge on any atom is -0.492 e. The first-order chi connectivity index (χ1) is 25.7. The Morgan fingerprint density at radius 1 is 1.11 bits per heavy atom. The Kier molecular flexibility index (Phi) is 10.6. The number of nitrogens with zero attached hydrogens (tertiary/aromatic N) is 1. The van der Waals surface area contributed by atoms with Crippen LogP contribution in [0.25, 0.3) is 11.6 Å². The first-order valence-electron chi connectivity index (χ1n) is 18.7. The highest BCUT2D eigenvalue weighted by Gasteiger charge is 2.49. The van der Waals surface area contributed by atoms with Crippen LogP contribution in [0.3, 0.4) is 0 Å². The molecule has 0 radical (unpaired) electrons. The Labute approximate surface area is 307 Å². The number of aliphatic hydroxyl groups is 4. The van der Waals surface area contributed by atoms with Crippen molar-refractivity contribution in [1.29, 1.82) is 0 Å². The van der Waals surface area contributed by atoms with Crippen molar-refractivity contribution < 1.29 is 53.8 Å². The number of ketones is 1. The van der Waals surface area contributed by atoms with E-state index < -0.39 is 42.7 Å². The van der Waals surface area contributed by atoms with Crippen LogP contribution in [0.1, 0.15) is 87.0 Å². The van der Waals surface area contributed by atoms with E-state index in [1.165, 1.54) is 0 Å². The number of hydrogen-bond donors (Lipinski definition) is 4. The maximum atomic E-state index is 14.0. The van der Waals surface area contributed by atoms with Gasteiger partial charge in [-0.1, -0.05) is 30.6 Å². The van der Waals surface area contributed by atoms with E-state index in [0.29, 0.717) is 35.1 Å². The van der Waals surface area contributed by atoms with Crippen molar-refractivity contribution in [1.82, 2.24) is 0 Å². The van der Waals surface area contributed by atoms with Crippen LogP contribution in [0.15, 0.2) is 40.1 Å². The molecule has 12 heteroatoms. The predicted octanol–water partition coefficient (Wildman–Crippen LogP) is 2.52. The van der Waals surface area contributed by atoms with Crippen molar-refractivity contribution in [3.05, 3.63) is 67.9 Å². The molecule has 4 atom stereocenters. The van der Waals surface area contributed by atoms with Gasteiger partial charge in [-0.15, -0.1) is 0 Å². The average molecular weight is 730 g/mol. The summed E-state index contributed by atoms with van der Waals surface area (Å²) in [5.41, 5.74) is 1.38. The fourth-order valence-electron chi connectivity index (χ4n) is 8.80. The Balaban J connectivity index is 1.47. The van der Waals surface area contributed by atoms with Gasteiger partial charge in [0, 0.05) is 42.4 Å². The van der Waals surface area contributed by atoms with Crippen molar-refractivity contribution >= 4 is 29.7 Å². The van der Waals surface area contributed by atoms with Crippen molar-refractivity contribution in [2.45, 2.75) is 89.4 Å². The number of aldehydes is 1. The van der Waals surface area contributed by atoms with Crippen LogP contribution in [0.5, 0.6) is 17.2 Å². The molecule has 5 aliphatic rings. The van der Waals surface area contributed by atoms with Crippen molar-refractivity contribution in [2.24, 2.45) is 16.8 Å². The van der Waals surface area contributed by atoms with Crippen LogP contribution in [0.2, 0.25) is 0 Å². The fraction of sp³-hybridized carbons (Fsp3) is 0.512. The van der Waals surface area contributed by atoms with Gasteiger partial charge < -0.3 is 39.4 Å². The molecule has 0 amide bonds.